The fourth-order valence-electron chi connectivity index (χ4n) is 1.56. The maximum absolute atomic E-state index is 10.8. The van der Waals surface area contributed by atoms with Crippen molar-refractivity contribution in [1.29, 1.82) is 0 Å². The summed E-state index contributed by atoms with van der Waals surface area (Å²) < 4.78 is 5.21. The normalized spacial score (nSPS) is 10.3. The van der Waals surface area contributed by atoms with Crippen molar-refractivity contribution >= 4 is 5.97 Å². The standard InChI is InChI=1S/C12H11NO3/c1-2-10-11(13-7-16-10)8-4-3-5-9(6-8)12(14)15/h3-7H,2H2,1H3,(H,14,15). The number of aryl methyl sites for hydroxylation is 1. The van der Waals surface area contributed by atoms with Gasteiger partial charge in [-0.2, -0.15) is 0 Å². The Morgan fingerprint density at radius 2 is 2.31 bits per heavy atom. The first kappa shape index (κ1) is 10.4. The smallest absolute Gasteiger partial charge is 0.335 e. The molecule has 0 radical (unpaired) electrons. The Morgan fingerprint density at radius 3 is 3.00 bits per heavy atom. The molecule has 2 aromatic rings. The van der Waals surface area contributed by atoms with Crippen molar-refractivity contribution in [2.75, 3.05) is 0 Å². The van der Waals surface area contributed by atoms with E-state index in [2.05, 4.69) is 4.98 Å². The highest BCUT2D eigenvalue weighted by molar-refractivity contribution is 5.89. The molecule has 16 heavy (non-hydrogen) atoms. The van der Waals surface area contributed by atoms with Crippen molar-refractivity contribution in [2.24, 2.45) is 0 Å². The van der Waals surface area contributed by atoms with E-state index in [1.54, 1.807) is 18.2 Å². The lowest BCUT2D eigenvalue weighted by Crippen LogP contribution is -1.96. The fourth-order valence-corrected chi connectivity index (χ4v) is 1.56. The second-order valence-electron chi connectivity index (χ2n) is 3.36. The van der Waals surface area contributed by atoms with Gasteiger partial charge in [0.1, 0.15) is 11.5 Å². The van der Waals surface area contributed by atoms with Crippen molar-refractivity contribution in [3.8, 4) is 11.3 Å². The number of hydrogen-bond acceptors (Lipinski definition) is 3. The van der Waals surface area contributed by atoms with Gasteiger partial charge in [-0.1, -0.05) is 19.1 Å². The van der Waals surface area contributed by atoms with Gasteiger partial charge >= 0.3 is 5.97 Å². The Hall–Kier alpha value is -2.10. The van der Waals surface area contributed by atoms with Gasteiger partial charge in [-0.15, -0.1) is 0 Å². The van der Waals surface area contributed by atoms with E-state index in [1.165, 1.54) is 6.39 Å². The molecule has 1 heterocycles. The number of carbonyl (C=O) groups is 1. The number of benzene rings is 1. The lowest BCUT2D eigenvalue weighted by Gasteiger charge is -2.00. The van der Waals surface area contributed by atoms with E-state index < -0.39 is 5.97 Å². The second-order valence-corrected chi connectivity index (χ2v) is 3.36. The average Bonchev–Trinajstić information content (AvgIpc) is 2.77. The van der Waals surface area contributed by atoms with Gasteiger partial charge in [0.05, 0.1) is 5.56 Å². The monoisotopic (exact) mass is 217 g/mol. The quantitative estimate of drug-likeness (QED) is 0.858. The van der Waals surface area contributed by atoms with Crippen LogP contribution in [-0.4, -0.2) is 16.1 Å². The van der Waals surface area contributed by atoms with Crippen LogP contribution in [0.4, 0.5) is 0 Å². The summed E-state index contributed by atoms with van der Waals surface area (Å²) in [5.41, 5.74) is 1.73. The number of carboxylic acid groups (broad SMARTS) is 1. The summed E-state index contributed by atoms with van der Waals surface area (Å²) >= 11 is 0. The number of oxazole rings is 1. The minimum absolute atomic E-state index is 0.252. The fraction of sp³-hybridized carbons (Fsp3) is 0.167. The minimum atomic E-state index is -0.941. The van der Waals surface area contributed by atoms with E-state index in [0.29, 0.717) is 5.69 Å². The molecule has 0 saturated carbocycles. The number of nitrogens with zero attached hydrogens (tertiary/aromatic N) is 1. The van der Waals surface area contributed by atoms with Crippen LogP contribution in [0.25, 0.3) is 11.3 Å². The molecule has 1 aromatic carbocycles. The van der Waals surface area contributed by atoms with Gasteiger partial charge in [-0.25, -0.2) is 9.78 Å². The highest BCUT2D eigenvalue weighted by atomic mass is 16.4. The molecule has 0 amide bonds. The van der Waals surface area contributed by atoms with Crippen LogP contribution in [0.5, 0.6) is 0 Å². The predicted molar refractivity (Wildman–Crippen MR) is 58.3 cm³/mol. The number of aromatic nitrogens is 1. The summed E-state index contributed by atoms with van der Waals surface area (Å²) in [5.74, 6) is -0.175. The van der Waals surface area contributed by atoms with Gasteiger partial charge < -0.3 is 9.52 Å². The Morgan fingerprint density at radius 1 is 1.50 bits per heavy atom. The maximum Gasteiger partial charge on any atom is 0.335 e. The second kappa shape index (κ2) is 4.18. The molecular formula is C12H11NO3. The van der Waals surface area contributed by atoms with Crippen LogP contribution in [0.3, 0.4) is 0 Å². The van der Waals surface area contributed by atoms with E-state index in [9.17, 15) is 4.79 Å². The molecule has 4 nitrogen and oxygen atoms in total. The third-order valence-electron chi connectivity index (χ3n) is 2.34. The third-order valence-corrected chi connectivity index (χ3v) is 2.34. The van der Waals surface area contributed by atoms with E-state index in [0.717, 1.165) is 17.7 Å². The summed E-state index contributed by atoms with van der Waals surface area (Å²) in [4.78, 5) is 14.9. The first-order chi connectivity index (χ1) is 7.72. The topological polar surface area (TPSA) is 63.3 Å². The zero-order chi connectivity index (χ0) is 11.5. The molecule has 2 rings (SSSR count). The van der Waals surface area contributed by atoms with Crippen molar-refractivity contribution in [3.05, 3.63) is 42.0 Å². The van der Waals surface area contributed by atoms with E-state index in [1.807, 2.05) is 13.0 Å². The molecule has 0 fully saturated rings. The van der Waals surface area contributed by atoms with Gasteiger partial charge in [-0.3, -0.25) is 0 Å². The number of carboxylic acids is 1. The molecule has 4 heteroatoms. The molecule has 0 aliphatic heterocycles. The van der Waals surface area contributed by atoms with Crippen LogP contribution < -0.4 is 0 Å². The molecular weight excluding hydrogens is 206 g/mol. The van der Waals surface area contributed by atoms with Crippen LogP contribution >= 0.6 is 0 Å². The predicted octanol–water partition coefficient (Wildman–Crippen LogP) is 2.60. The van der Waals surface area contributed by atoms with Crippen molar-refractivity contribution in [2.45, 2.75) is 13.3 Å². The van der Waals surface area contributed by atoms with Crippen LogP contribution in [-0.2, 0) is 6.42 Å². The first-order valence-electron chi connectivity index (χ1n) is 4.98. The summed E-state index contributed by atoms with van der Waals surface area (Å²) in [6.45, 7) is 1.96. The molecule has 82 valence electrons. The van der Waals surface area contributed by atoms with E-state index in [-0.39, 0.29) is 5.56 Å². The molecule has 0 unspecified atom stereocenters. The summed E-state index contributed by atoms with van der Waals surface area (Å²) in [7, 11) is 0. The van der Waals surface area contributed by atoms with Crippen LogP contribution in [0.1, 0.15) is 23.0 Å². The molecule has 0 aliphatic rings. The van der Waals surface area contributed by atoms with Gasteiger partial charge in [0.25, 0.3) is 0 Å². The van der Waals surface area contributed by atoms with Crippen molar-refractivity contribution < 1.29 is 14.3 Å². The number of aromatic carboxylic acids is 1. The largest absolute Gasteiger partial charge is 0.478 e. The summed E-state index contributed by atoms with van der Waals surface area (Å²) in [6.07, 6.45) is 2.11. The highest BCUT2D eigenvalue weighted by Crippen LogP contribution is 2.23. The Labute approximate surface area is 92.6 Å². The zero-order valence-corrected chi connectivity index (χ0v) is 8.80. The SMILES string of the molecule is CCc1ocnc1-c1cccc(C(=O)O)c1. The first-order valence-corrected chi connectivity index (χ1v) is 4.98. The van der Waals surface area contributed by atoms with Crippen LogP contribution in [0.15, 0.2) is 35.1 Å². The van der Waals surface area contributed by atoms with Crippen LogP contribution in [0, 0.1) is 0 Å². The molecule has 1 N–H and O–H groups in total. The minimum Gasteiger partial charge on any atom is -0.478 e. The average molecular weight is 217 g/mol. The Kier molecular flexibility index (Phi) is 2.72. The van der Waals surface area contributed by atoms with Gasteiger partial charge in [0, 0.05) is 12.0 Å². The van der Waals surface area contributed by atoms with Gasteiger partial charge in [0.2, 0.25) is 0 Å². The lowest BCUT2D eigenvalue weighted by molar-refractivity contribution is 0.0697. The molecule has 0 atom stereocenters. The van der Waals surface area contributed by atoms with E-state index in [4.69, 9.17) is 9.52 Å². The van der Waals surface area contributed by atoms with Crippen molar-refractivity contribution in [1.82, 2.24) is 4.98 Å². The Balaban J connectivity index is 2.48. The number of rotatable bonds is 3. The van der Waals surface area contributed by atoms with E-state index >= 15 is 0 Å². The van der Waals surface area contributed by atoms with Crippen LogP contribution in [0.2, 0.25) is 0 Å². The van der Waals surface area contributed by atoms with Gasteiger partial charge in [0.15, 0.2) is 6.39 Å². The highest BCUT2D eigenvalue weighted by Gasteiger charge is 2.10. The molecule has 0 aliphatic carbocycles. The molecule has 1 aromatic heterocycles. The molecule has 0 spiro atoms. The Bertz CT molecular complexity index is 516. The maximum atomic E-state index is 10.8. The lowest BCUT2D eigenvalue weighted by atomic mass is 10.1. The summed E-state index contributed by atoms with van der Waals surface area (Å²) in [6, 6.07) is 6.67. The van der Waals surface area contributed by atoms with Gasteiger partial charge in [-0.05, 0) is 12.1 Å². The van der Waals surface area contributed by atoms with Crippen molar-refractivity contribution in [3.63, 3.8) is 0 Å². The molecule has 0 bridgehead atoms. The number of hydrogen-bond donors (Lipinski definition) is 1. The molecule has 0 saturated heterocycles. The summed E-state index contributed by atoms with van der Waals surface area (Å²) in [5, 5.41) is 8.89. The zero-order valence-electron chi connectivity index (χ0n) is 8.80. The third kappa shape index (κ3) is 1.82.